The number of nitrogens with one attached hydrogen (secondary N) is 1. The number of methoxy groups -OCH3 is 1. The zero-order valence-corrected chi connectivity index (χ0v) is 22.1. The summed E-state index contributed by atoms with van der Waals surface area (Å²) in [6.07, 6.45) is 5.29. The average Bonchev–Trinajstić information content (AvgIpc) is 3.57. The van der Waals surface area contributed by atoms with Crippen LogP contribution in [-0.2, 0) is 11.2 Å². The van der Waals surface area contributed by atoms with E-state index >= 15 is 0 Å². The number of nitrogens with zero attached hydrogens (tertiary/aromatic N) is 1. The number of benzene rings is 1. The molecule has 2 heterocycles. The van der Waals surface area contributed by atoms with Gasteiger partial charge in [-0.3, -0.25) is 9.59 Å². The lowest BCUT2D eigenvalue weighted by Gasteiger charge is -2.32. The fraction of sp³-hybridized carbons (Fsp3) is 0.464. The zero-order chi connectivity index (χ0) is 25.9. The number of ether oxygens (including phenoxy) is 1. The number of carbonyl (C=O) groups excluding carboxylic acids is 1. The van der Waals surface area contributed by atoms with E-state index < -0.39 is 16.8 Å². The fourth-order valence-electron chi connectivity index (χ4n) is 5.06. The molecule has 1 fully saturated rings. The summed E-state index contributed by atoms with van der Waals surface area (Å²) in [7, 11) is 1.59. The first-order chi connectivity index (χ1) is 17.0. The number of aryl methyl sites for hydroxylation is 1. The van der Waals surface area contributed by atoms with Gasteiger partial charge in [-0.05, 0) is 55.4 Å². The molecule has 8 heteroatoms. The average molecular weight is 509 g/mol. The van der Waals surface area contributed by atoms with Crippen LogP contribution in [0, 0.1) is 11.3 Å². The van der Waals surface area contributed by atoms with Gasteiger partial charge in [0.25, 0.3) is 0 Å². The van der Waals surface area contributed by atoms with Crippen molar-refractivity contribution in [3.8, 4) is 16.2 Å². The Hall–Kier alpha value is -3.13. The third kappa shape index (κ3) is 4.11. The molecule has 2 aliphatic carbocycles. The maximum atomic E-state index is 13.0. The molecule has 3 aromatic rings. The van der Waals surface area contributed by atoms with E-state index in [-0.39, 0.29) is 23.6 Å². The SMILES string of the molecule is COc1c(-c2cc3c(s2)CCC(C)C3NC(=O)C(C)(C)C)ccc2c(=O)c(C(=O)O)cn(C3CC3)c12. The van der Waals surface area contributed by atoms with Gasteiger partial charge in [-0.2, -0.15) is 0 Å². The topological polar surface area (TPSA) is 97.6 Å². The molecule has 2 aliphatic rings. The summed E-state index contributed by atoms with van der Waals surface area (Å²) >= 11 is 1.70. The number of pyridine rings is 1. The predicted octanol–water partition coefficient (Wildman–Crippen LogP) is 5.56. The van der Waals surface area contributed by atoms with Gasteiger partial charge in [0.05, 0.1) is 24.1 Å². The van der Waals surface area contributed by atoms with E-state index in [4.69, 9.17) is 4.74 Å². The Morgan fingerprint density at radius 3 is 2.53 bits per heavy atom. The van der Waals surface area contributed by atoms with E-state index in [1.165, 1.54) is 11.1 Å². The van der Waals surface area contributed by atoms with E-state index in [1.807, 2.05) is 31.4 Å². The number of amides is 1. The second kappa shape index (κ2) is 8.76. The number of hydrogen-bond donors (Lipinski definition) is 2. The standard InChI is InChI=1S/C28H32N2O5S/c1-14-6-11-20-18(22(14)29-27(34)28(2,3)4)12-21(36-20)16-9-10-17-23(25(16)35-5)30(15-7-8-15)13-19(24(17)31)26(32)33/h9-10,12-15,22H,6-8,11H2,1-5H3,(H,29,34)(H,32,33). The predicted molar refractivity (Wildman–Crippen MR) is 141 cm³/mol. The van der Waals surface area contributed by atoms with Crippen molar-refractivity contribution in [3.05, 3.63) is 50.6 Å². The van der Waals surface area contributed by atoms with Crippen LogP contribution >= 0.6 is 11.3 Å². The van der Waals surface area contributed by atoms with Crippen LogP contribution in [0.15, 0.2) is 29.2 Å². The molecule has 36 heavy (non-hydrogen) atoms. The van der Waals surface area contributed by atoms with Crippen molar-refractivity contribution < 1.29 is 19.4 Å². The summed E-state index contributed by atoms with van der Waals surface area (Å²) in [4.78, 5) is 39.8. The van der Waals surface area contributed by atoms with Crippen LogP contribution in [0.5, 0.6) is 5.75 Å². The minimum atomic E-state index is -1.22. The van der Waals surface area contributed by atoms with Crippen molar-refractivity contribution in [1.29, 1.82) is 0 Å². The van der Waals surface area contributed by atoms with Gasteiger partial charge in [0, 0.05) is 33.0 Å². The normalized spacial score (nSPS) is 19.7. The van der Waals surface area contributed by atoms with E-state index in [1.54, 1.807) is 24.5 Å². The van der Waals surface area contributed by atoms with Crippen LogP contribution in [0.25, 0.3) is 21.3 Å². The highest BCUT2D eigenvalue weighted by molar-refractivity contribution is 7.15. The second-order valence-corrected chi connectivity index (χ2v) is 12.2. The number of carbonyl (C=O) groups is 2. The lowest BCUT2D eigenvalue weighted by atomic mass is 9.83. The molecule has 190 valence electrons. The zero-order valence-electron chi connectivity index (χ0n) is 21.3. The van der Waals surface area contributed by atoms with Crippen molar-refractivity contribution in [2.75, 3.05) is 7.11 Å². The maximum absolute atomic E-state index is 13.0. The van der Waals surface area contributed by atoms with Gasteiger partial charge in [0.1, 0.15) is 5.56 Å². The second-order valence-electron chi connectivity index (χ2n) is 11.1. The van der Waals surface area contributed by atoms with Gasteiger partial charge in [-0.1, -0.05) is 27.7 Å². The Morgan fingerprint density at radius 1 is 1.19 bits per heavy atom. The maximum Gasteiger partial charge on any atom is 0.341 e. The molecular formula is C28H32N2O5S. The number of carboxylic acids is 1. The highest BCUT2D eigenvalue weighted by Gasteiger charge is 2.34. The van der Waals surface area contributed by atoms with Gasteiger partial charge >= 0.3 is 5.97 Å². The Bertz CT molecular complexity index is 1440. The molecule has 1 saturated carbocycles. The summed E-state index contributed by atoms with van der Waals surface area (Å²) in [6, 6.07) is 5.83. The van der Waals surface area contributed by atoms with Crippen LogP contribution in [-0.4, -0.2) is 28.7 Å². The minimum Gasteiger partial charge on any atom is -0.494 e. The third-order valence-corrected chi connectivity index (χ3v) is 8.57. The Morgan fingerprint density at radius 2 is 1.92 bits per heavy atom. The van der Waals surface area contributed by atoms with E-state index in [2.05, 4.69) is 18.3 Å². The van der Waals surface area contributed by atoms with E-state index in [0.29, 0.717) is 22.6 Å². The van der Waals surface area contributed by atoms with Crippen molar-refractivity contribution in [2.24, 2.45) is 11.3 Å². The first-order valence-corrected chi connectivity index (χ1v) is 13.3. The van der Waals surface area contributed by atoms with Crippen LogP contribution in [0.3, 0.4) is 0 Å². The van der Waals surface area contributed by atoms with Crippen molar-refractivity contribution in [3.63, 3.8) is 0 Å². The number of aromatic nitrogens is 1. The van der Waals surface area contributed by atoms with Crippen LogP contribution in [0.2, 0.25) is 0 Å². The Kier molecular flexibility index (Phi) is 5.98. The molecule has 0 spiro atoms. The lowest BCUT2D eigenvalue weighted by molar-refractivity contribution is -0.129. The number of aromatic carboxylic acids is 1. The molecule has 7 nitrogen and oxygen atoms in total. The first kappa shape index (κ1) is 24.6. The third-order valence-electron chi connectivity index (χ3n) is 7.33. The van der Waals surface area contributed by atoms with Gasteiger partial charge in [-0.25, -0.2) is 4.79 Å². The van der Waals surface area contributed by atoms with Gasteiger partial charge in [0.2, 0.25) is 11.3 Å². The van der Waals surface area contributed by atoms with Crippen LogP contribution in [0.1, 0.15) is 79.8 Å². The smallest absolute Gasteiger partial charge is 0.341 e. The molecular weight excluding hydrogens is 476 g/mol. The number of thiophene rings is 1. The summed E-state index contributed by atoms with van der Waals surface area (Å²) < 4.78 is 7.81. The molecule has 2 N–H and O–H groups in total. The molecule has 5 rings (SSSR count). The van der Waals surface area contributed by atoms with Crippen LogP contribution < -0.4 is 15.5 Å². The van der Waals surface area contributed by atoms with Crippen LogP contribution in [0.4, 0.5) is 0 Å². The number of hydrogen-bond acceptors (Lipinski definition) is 5. The van der Waals surface area contributed by atoms with E-state index in [9.17, 15) is 19.5 Å². The summed E-state index contributed by atoms with van der Waals surface area (Å²) in [5.41, 5.74) is 1.47. The highest BCUT2D eigenvalue weighted by Crippen LogP contribution is 2.47. The molecule has 2 atom stereocenters. The first-order valence-electron chi connectivity index (χ1n) is 12.4. The Labute approximate surface area is 214 Å². The lowest BCUT2D eigenvalue weighted by Crippen LogP contribution is -2.41. The highest BCUT2D eigenvalue weighted by atomic mass is 32.1. The molecule has 1 amide bonds. The number of carboxylic acid groups (broad SMARTS) is 1. The molecule has 2 aromatic heterocycles. The fourth-order valence-corrected chi connectivity index (χ4v) is 6.30. The molecule has 0 saturated heterocycles. The Balaban J connectivity index is 1.66. The molecule has 2 unspecified atom stereocenters. The summed E-state index contributed by atoms with van der Waals surface area (Å²) in [6.45, 7) is 7.94. The van der Waals surface area contributed by atoms with Crippen molar-refractivity contribution in [2.45, 2.75) is 65.5 Å². The number of rotatable bonds is 5. The summed E-state index contributed by atoms with van der Waals surface area (Å²) in [5, 5.41) is 13.2. The van der Waals surface area contributed by atoms with Gasteiger partial charge < -0.3 is 19.7 Å². The molecule has 0 radical (unpaired) electrons. The minimum absolute atomic E-state index is 0.0333. The van der Waals surface area contributed by atoms with Crippen molar-refractivity contribution in [1.82, 2.24) is 9.88 Å². The monoisotopic (exact) mass is 508 g/mol. The molecule has 0 aliphatic heterocycles. The molecule has 0 bridgehead atoms. The van der Waals surface area contributed by atoms with Gasteiger partial charge in [0.15, 0.2) is 5.75 Å². The van der Waals surface area contributed by atoms with Crippen molar-refractivity contribution >= 4 is 34.1 Å². The van der Waals surface area contributed by atoms with Gasteiger partial charge in [-0.15, -0.1) is 11.3 Å². The largest absolute Gasteiger partial charge is 0.494 e. The summed E-state index contributed by atoms with van der Waals surface area (Å²) in [5.74, 6) is -0.289. The van der Waals surface area contributed by atoms with E-state index in [0.717, 1.165) is 41.7 Å². The molecule has 1 aromatic carbocycles. The number of fused-ring (bicyclic) bond motifs is 2. The quantitative estimate of drug-likeness (QED) is 0.470.